The SMILES string of the molecule is CCc1[nH]c(-c2cc(Br)cc3c2OCC3)nc1C(=O)OC. The van der Waals surface area contributed by atoms with Crippen molar-refractivity contribution in [2.24, 2.45) is 0 Å². The molecule has 3 rings (SSSR count). The van der Waals surface area contributed by atoms with Crippen LogP contribution in [0.4, 0.5) is 0 Å². The topological polar surface area (TPSA) is 64.2 Å². The molecule has 21 heavy (non-hydrogen) atoms. The van der Waals surface area contributed by atoms with Crippen LogP contribution < -0.4 is 4.74 Å². The van der Waals surface area contributed by atoms with E-state index in [0.717, 1.165) is 33.5 Å². The summed E-state index contributed by atoms with van der Waals surface area (Å²) in [5.41, 5.74) is 3.11. The van der Waals surface area contributed by atoms with Crippen LogP contribution in [0.2, 0.25) is 0 Å². The van der Waals surface area contributed by atoms with Gasteiger partial charge in [-0.15, -0.1) is 0 Å². The van der Waals surface area contributed by atoms with Crippen molar-refractivity contribution in [3.8, 4) is 17.1 Å². The highest BCUT2D eigenvalue weighted by Crippen LogP contribution is 2.38. The normalized spacial score (nSPS) is 12.9. The summed E-state index contributed by atoms with van der Waals surface area (Å²) in [4.78, 5) is 19.4. The van der Waals surface area contributed by atoms with Crippen molar-refractivity contribution in [2.75, 3.05) is 13.7 Å². The highest BCUT2D eigenvalue weighted by molar-refractivity contribution is 9.10. The Balaban J connectivity index is 2.14. The van der Waals surface area contributed by atoms with Gasteiger partial charge in [0.25, 0.3) is 0 Å². The molecule has 0 saturated heterocycles. The first-order valence-electron chi connectivity index (χ1n) is 6.76. The van der Waals surface area contributed by atoms with E-state index in [0.29, 0.717) is 24.5 Å². The second-order valence-corrected chi connectivity index (χ2v) is 5.71. The summed E-state index contributed by atoms with van der Waals surface area (Å²) in [5, 5.41) is 0. The zero-order valence-corrected chi connectivity index (χ0v) is 13.4. The van der Waals surface area contributed by atoms with Crippen LogP contribution in [0.25, 0.3) is 11.4 Å². The molecule has 110 valence electrons. The molecule has 1 aliphatic rings. The van der Waals surface area contributed by atoms with E-state index in [1.54, 1.807) is 0 Å². The van der Waals surface area contributed by atoms with Crippen LogP contribution in [0.3, 0.4) is 0 Å². The molecule has 6 heteroatoms. The average Bonchev–Trinajstić information content (AvgIpc) is 3.11. The number of aromatic amines is 1. The molecule has 0 fully saturated rings. The van der Waals surface area contributed by atoms with Gasteiger partial charge in [-0.3, -0.25) is 0 Å². The number of ether oxygens (including phenoxy) is 2. The number of nitrogens with zero attached hydrogens (tertiary/aromatic N) is 1. The maximum absolute atomic E-state index is 11.8. The fourth-order valence-electron chi connectivity index (χ4n) is 2.50. The molecule has 1 aromatic heterocycles. The highest BCUT2D eigenvalue weighted by atomic mass is 79.9. The standard InChI is InChI=1S/C15H15BrN2O3/c1-3-11-12(15(19)20-2)18-14(17-11)10-7-9(16)6-8-4-5-21-13(8)10/h6-7H,3-5H2,1-2H3,(H,17,18). The third-order valence-electron chi connectivity index (χ3n) is 3.51. The first kappa shape index (κ1) is 14.1. The van der Waals surface area contributed by atoms with E-state index in [4.69, 9.17) is 9.47 Å². The number of hydrogen-bond acceptors (Lipinski definition) is 4. The van der Waals surface area contributed by atoms with Crippen LogP contribution in [-0.2, 0) is 17.6 Å². The molecule has 0 atom stereocenters. The molecule has 0 amide bonds. The Bertz CT molecular complexity index is 709. The van der Waals surface area contributed by atoms with Crippen molar-refractivity contribution in [3.63, 3.8) is 0 Å². The lowest BCUT2D eigenvalue weighted by Gasteiger charge is -2.06. The van der Waals surface area contributed by atoms with Gasteiger partial charge in [0.05, 0.1) is 19.3 Å². The van der Waals surface area contributed by atoms with Gasteiger partial charge in [0.15, 0.2) is 5.69 Å². The Hall–Kier alpha value is -1.82. The van der Waals surface area contributed by atoms with E-state index in [2.05, 4.69) is 32.0 Å². The van der Waals surface area contributed by atoms with Crippen LogP contribution in [0.15, 0.2) is 16.6 Å². The maximum atomic E-state index is 11.8. The number of rotatable bonds is 3. The summed E-state index contributed by atoms with van der Waals surface area (Å²) in [7, 11) is 1.36. The number of aryl methyl sites for hydroxylation is 1. The van der Waals surface area contributed by atoms with Crippen LogP contribution in [-0.4, -0.2) is 29.7 Å². The number of carbonyl (C=O) groups is 1. The molecule has 1 aliphatic heterocycles. The molecule has 0 bridgehead atoms. The fourth-order valence-corrected chi connectivity index (χ4v) is 3.01. The van der Waals surface area contributed by atoms with Gasteiger partial charge in [0, 0.05) is 16.6 Å². The first-order chi connectivity index (χ1) is 10.1. The molecule has 1 N–H and O–H groups in total. The molecule has 1 aromatic carbocycles. The van der Waals surface area contributed by atoms with E-state index >= 15 is 0 Å². The largest absolute Gasteiger partial charge is 0.492 e. The summed E-state index contributed by atoms with van der Waals surface area (Å²) < 4.78 is 11.5. The van der Waals surface area contributed by atoms with E-state index in [1.165, 1.54) is 7.11 Å². The quantitative estimate of drug-likeness (QED) is 0.863. The van der Waals surface area contributed by atoms with Crippen LogP contribution in [0.1, 0.15) is 28.7 Å². The highest BCUT2D eigenvalue weighted by Gasteiger charge is 2.23. The van der Waals surface area contributed by atoms with Crippen molar-refractivity contribution in [1.82, 2.24) is 9.97 Å². The van der Waals surface area contributed by atoms with E-state index < -0.39 is 5.97 Å². The average molecular weight is 351 g/mol. The Kier molecular flexibility index (Phi) is 3.71. The number of nitrogens with one attached hydrogen (secondary N) is 1. The predicted octanol–water partition coefficient (Wildman–Crippen LogP) is 3.12. The fraction of sp³-hybridized carbons (Fsp3) is 0.333. The number of H-pyrrole nitrogens is 1. The lowest BCUT2D eigenvalue weighted by Crippen LogP contribution is -2.04. The molecule has 0 aliphatic carbocycles. The number of imidazole rings is 1. The minimum atomic E-state index is -0.429. The van der Waals surface area contributed by atoms with E-state index in [-0.39, 0.29) is 0 Å². The first-order valence-corrected chi connectivity index (χ1v) is 7.56. The number of esters is 1. The molecule has 2 heterocycles. The minimum Gasteiger partial charge on any atom is -0.492 e. The number of carbonyl (C=O) groups excluding carboxylic acids is 1. The van der Waals surface area contributed by atoms with Gasteiger partial charge in [0.2, 0.25) is 0 Å². The third-order valence-corrected chi connectivity index (χ3v) is 3.97. The van der Waals surface area contributed by atoms with Crippen molar-refractivity contribution in [1.29, 1.82) is 0 Å². The van der Waals surface area contributed by atoms with Gasteiger partial charge in [-0.2, -0.15) is 0 Å². The van der Waals surface area contributed by atoms with Crippen molar-refractivity contribution >= 4 is 21.9 Å². The molecular formula is C15H15BrN2O3. The van der Waals surface area contributed by atoms with Crippen molar-refractivity contribution in [3.05, 3.63) is 33.6 Å². The van der Waals surface area contributed by atoms with Crippen molar-refractivity contribution in [2.45, 2.75) is 19.8 Å². The number of fused-ring (bicyclic) bond motifs is 1. The minimum absolute atomic E-state index is 0.335. The molecule has 2 aromatic rings. The van der Waals surface area contributed by atoms with Gasteiger partial charge >= 0.3 is 5.97 Å². The summed E-state index contributed by atoms with van der Waals surface area (Å²) in [6, 6.07) is 4.00. The van der Waals surface area contributed by atoms with Crippen LogP contribution >= 0.6 is 15.9 Å². The van der Waals surface area contributed by atoms with Crippen LogP contribution in [0.5, 0.6) is 5.75 Å². The van der Waals surface area contributed by atoms with Crippen molar-refractivity contribution < 1.29 is 14.3 Å². The molecule has 0 spiro atoms. The molecule has 0 unspecified atom stereocenters. The van der Waals surface area contributed by atoms with Gasteiger partial charge in [-0.1, -0.05) is 22.9 Å². The number of hydrogen-bond donors (Lipinski definition) is 1. The lowest BCUT2D eigenvalue weighted by molar-refractivity contribution is 0.0593. The zero-order chi connectivity index (χ0) is 15.0. The summed E-state index contributed by atoms with van der Waals surface area (Å²) in [6.07, 6.45) is 1.56. The van der Waals surface area contributed by atoms with E-state index in [1.807, 2.05) is 13.0 Å². The number of benzene rings is 1. The number of methoxy groups -OCH3 is 1. The monoisotopic (exact) mass is 350 g/mol. The van der Waals surface area contributed by atoms with Gasteiger partial charge in [-0.25, -0.2) is 9.78 Å². The summed E-state index contributed by atoms with van der Waals surface area (Å²) in [6.45, 7) is 2.63. The smallest absolute Gasteiger partial charge is 0.358 e. The molecule has 5 nitrogen and oxygen atoms in total. The Labute approximate surface area is 130 Å². The van der Waals surface area contributed by atoms with E-state index in [9.17, 15) is 4.79 Å². The van der Waals surface area contributed by atoms with Crippen LogP contribution in [0, 0.1) is 0 Å². The molecule has 0 radical (unpaired) electrons. The Morgan fingerprint density at radius 3 is 3.05 bits per heavy atom. The number of halogens is 1. The molecular weight excluding hydrogens is 336 g/mol. The molecule has 0 saturated carbocycles. The predicted molar refractivity (Wildman–Crippen MR) is 81.6 cm³/mol. The summed E-state index contributed by atoms with van der Waals surface area (Å²) in [5.74, 6) is 1.04. The second-order valence-electron chi connectivity index (χ2n) is 4.80. The van der Waals surface area contributed by atoms with Gasteiger partial charge in [-0.05, 0) is 24.1 Å². The van der Waals surface area contributed by atoms with Gasteiger partial charge < -0.3 is 14.5 Å². The maximum Gasteiger partial charge on any atom is 0.358 e. The third kappa shape index (κ3) is 2.44. The lowest BCUT2D eigenvalue weighted by atomic mass is 10.1. The Morgan fingerprint density at radius 2 is 2.33 bits per heavy atom. The zero-order valence-electron chi connectivity index (χ0n) is 11.8. The number of aromatic nitrogens is 2. The second kappa shape index (κ2) is 5.52. The Morgan fingerprint density at radius 1 is 1.52 bits per heavy atom. The van der Waals surface area contributed by atoms with Gasteiger partial charge in [0.1, 0.15) is 11.6 Å². The summed E-state index contributed by atoms with van der Waals surface area (Å²) >= 11 is 3.51.